The van der Waals surface area contributed by atoms with Gasteiger partial charge in [0.25, 0.3) is 0 Å². The number of amidine groups is 1. The Kier molecular flexibility index (Phi) is 1.59. The molecule has 2 aliphatic rings. The molecule has 0 fully saturated rings. The maximum atomic E-state index is 8.43. The summed E-state index contributed by atoms with van der Waals surface area (Å²) in [5.41, 5.74) is 0. The monoisotopic (exact) mass is 165 g/mol. The van der Waals surface area contributed by atoms with Gasteiger partial charge in [0, 0.05) is 17.6 Å². The summed E-state index contributed by atoms with van der Waals surface area (Å²) in [6.07, 6.45) is 2.54. The summed E-state index contributed by atoms with van der Waals surface area (Å²) in [5.74, 6) is 0. The van der Waals surface area contributed by atoms with Crippen molar-refractivity contribution in [3.63, 3.8) is 0 Å². The van der Waals surface area contributed by atoms with Gasteiger partial charge in [-0.25, -0.2) is 0 Å². The third kappa shape index (κ3) is 1.12. The lowest BCUT2D eigenvalue weighted by atomic mass is 10.4. The van der Waals surface area contributed by atoms with Crippen molar-refractivity contribution in [3.05, 3.63) is 11.1 Å². The normalized spacial score (nSPS) is 20.8. The molecule has 0 aromatic rings. The molecule has 0 spiro atoms. The minimum Gasteiger partial charge on any atom is -0.325 e. The second-order valence-electron chi connectivity index (χ2n) is 2.39. The first-order valence-corrected chi connectivity index (χ1v) is 4.28. The molecule has 4 heteroatoms. The summed E-state index contributed by atoms with van der Waals surface area (Å²) in [5, 5.41) is 9.49. The van der Waals surface area contributed by atoms with Crippen molar-refractivity contribution in [1.82, 2.24) is 4.90 Å². The Morgan fingerprint density at radius 3 is 3.45 bits per heavy atom. The second-order valence-corrected chi connectivity index (χ2v) is 3.48. The Bertz CT molecular complexity index is 274. The fourth-order valence-corrected chi connectivity index (χ4v) is 2.10. The SMILES string of the molecule is N#CCC1=CN2CCN=C2S1. The first kappa shape index (κ1) is 6.74. The van der Waals surface area contributed by atoms with Gasteiger partial charge in [0.05, 0.1) is 19.0 Å². The Hall–Kier alpha value is -0.950. The molecular weight excluding hydrogens is 158 g/mol. The van der Waals surface area contributed by atoms with Crippen LogP contribution in [0.15, 0.2) is 16.1 Å². The van der Waals surface area contributed by atoms with E-state index in [1.165, 1.54) is 0 Å². The predicted octanol–water partition coefficient (Wildman–Crippen LogP) is 1.16. The standard InChI is InChI=1S/C7H7N3S/c8-2-1-6-5-10-4-3-9-7(10)11-6/h5H,1,3-4H2. The van der Waals surface area contributed by atoms with Crippen LogP contribution >= 0.6 is 11.8 Å². The van der Waals surface area contributed by atoms with Crippen LogP contribution in [-0.2, 0) is 0 Å². The second kappa shape index (κ2) is 2.59. The highest BCUT2D eigenvalue weighted by atomic mass is 32.2. The van der Waals surface area contributed by atoms with Gasteiger partial charge in [-0.15, -0.1) is 0 Å². The van der Waals surface area contributed by atoms with Crippen molar-refractivity contribution in [3.8, 4) is 6.07 Å². The predicted molar refractivity (Wildman–Crippen MR) is 44.9 cm³/mol. The van der Waals surface area contributed by atoms with Crippen LogP contribution in [0.4, 0.5) is 0 Å². The Morgan fingerprint density at radius 2 is 2.73 bits per heavy atom. The maximum Gasteiger partial charge on any atom is 0.168 e. The van der Waals surface area contributed by atoms with Crippen LogP contribution in [0.25, 0.3) is 0 Å². The number of nitriles is 1. The third-order valence-electron chi connectivity index (χ3n) is 1.61. The van der Waals surface area contributed by atoms with Crippen LogP contribution in [0.2, 0.25) is 0 Å². The smallest absolute Gasteiger partial charge is 0.168 e. The molecule has 0 aromatic carbocycles. The maximum absolute atomic E-state index is 8.43. The van der Waals surface area contributed by atoms with Gasteiger partial charge in [-0.05, 0) is 0 Å². The number of hydrogen-bond acceptors (Lipinski definition) is 4. The van der Waals surface area contributed by atoms with E-state index < -0.39 is 0 Å². The summed E-state index contributed by atoms with van der Waals surface area (Å²) < 4.78 is 0. The van der Waals surface area contributed by atoms with Crippen molar-refractivity contribution in [2.45, 2.75) is 6.42 Å². The highest BCUT2D eigenvalue weighted by Gasteiger charge is 2.23. The molecule has 0 saturated heterocycles. The minimum atomic E-state index is 0.514. The van der Waals surface area contributed by atoms with Gasteiger partial charge in [0.2, 0.25) is 0 Å². The highest BCUT2D eigenvalue weighted by Crippen LogP contribution is 2.32. The zero-order chi connectivity index (χ0) is 7.68. The molecule has 56 valence electrons. The van der Waals surface area contributed by atoms with Gasteiger partial charge < -0.3 is 4.90 Å². The molecule has 0 aromatic heterocycles. The number of allylic oxidation sites excluding steroid dienone is 1. The lowest BCUT2D eigenvalue weighted by molar-refractivity contribution is 0.621. The number of rotatable bonds is 1. The van der Waals surface area contributed by atoms with Crippen LogP contribution in [0.1, 0.15) is 6.42 Å². The molecule has 2 rings (SSSR count). The van der Waals surface area contributed by atoms with E-state index in [1.54, 1.807) is 11.8 Å². The van der Waals surface area contributed by atoms with Gasteiger partial charge in [-0.3, -0.25) is 4.99 Å². The molecule has 0 saturated carbocycles. The summed E-state index contributed by atoms with van der Waals surface area (Å²) in [6, 6.07) is 2.13. The average molecular weight is 165 g/mol. The molecule has 11 heavy (non-hydrogen) atoms. The molecule has 0 atom stereocenters. The van der Waals surface area contributed by atoms with Gasteiger partial charge in [0.1, 0.15) is 0 Å². The van der Waals surface area contributed by atoms with E-state index in [9.17, 15) is 0 Å². The lowest BCUT2D eigenvalue weighted by Gasteiger charge is -2.04. The van der Waals surface area contributed by atoms with Crippen LogP contribution in [0.3, 0.4) is 0 Å². The van der Waals surface area contributed by atoms with E-state index in [4.69, 9.17) is 5.26 Å². The third-order valence-corrected chi connectivity index (χ3v) is 2.67. The van der Waals surface area contributed by atoms with Crippen molar-refractivity contribution in [1.29, 1.82) is 5.26 Å². The minimum absolute atomic E-state index is 0.514. The van der Waals surface area contributed by atoms with Crippen molar-refractivity contribution >= 4 is 16.9 Å². The fourth-order valence-electron chi connectivity index (χ4n) is 1.13. The fraction of sp³-hybridized carbons (Fsp3) is 0.429. The average Bonchev–Trinajstić information content (AvgIpc) is 2.46. The van der Waals surface area contributed by atoms with Gasteiger partial charge in [0.15, 0.2) is 5.17 Å². The summed E-state index contributed by atoms with van der Waals surface area (Å²) in [6.45, 7) is 1.88. The van der Waals surface area contributed by atoms with Crippen LogP contribution < -0.4 is 0 Å². The van der Waals surface area contributed by atoms with E-state index in [0.717, 1.165) is 23.2 Å². The highest BCUT2D eigenvalue weighted by molar-refractivity contribution is 8.17. The topological polar surface area (TPSA) is 39.4 Å². The van der Waals surface area contributed by atoms with Gasteiger partial charge in [-0.1, -0.05) is 11.8 Å². The summed E-state index contributed by atoms with van der Waals surface area (Å²) >= 11 is 1.62. The number of thioether (sulfide) groups is 1. The molecule has 0 radical (unpaired) electrons. The summed E-state index contributed by atoms with van der Waals surface area (Å²) in [7, 11) is 0. The van der Waals surface area contributed by atoms with E-state index in [2.05, 4.69) is 16.0 Å². The van der Waals surface area contributed by atoms with E-state index in [0.29, 0.717) is 6.42 Å². The first-order valence-electron chi connectivity index (χ1n) is 3.47. The van der Waals surface area contributed by atoms with E-state index in [1.807, 2.05) is 6.20 Å². The van der Waals surface area contributed by atoms with Crippen molar-refractivity contribution in [2.24, 2.45) is 4.99 Å². The van der Waals surface area contributed by atoms with E-state index in [-0.39, 0.29) is 0 Å². The summed E-state index contributed by atoms with van der Waals surface area (Å²) in [4.78, 5) is 7.50. The molecule has 0 amide bonds. The Balaban J connectivity index is 2.10. The molecular formula is C7H7N3S. The first-order chi connectivity index (χ1) is 5.40. The van der Waals surface area contributed by atoms with Gasteiger partial charge >= 0.3 is 0 Å². The molecule has 0 N–H and O–H groups in total. The van der Waals surface area contributed by atoms with Gasteiger partial charge in [-0.2, -0.15) is 5.26 Å². The molecule has 0 unspecified atom stereocenters. The number of hydrogen-bond donors (Lipinski definition) is 0. The van der Waals surface area contributed by atoms with Crippen LogP contribution in [0.5, 0.6) is 0 Å². The van der Waals surface area contributed by atoms with E-state index >= 15 is 0 Å². The zero-order valence-electron chi connectivity index (χ0n) is 5.95. The van der Waals surface area contributed by atoms with Crippen molar-refractivity contribution in [2.75, 3.05) is 13.1 Å². The molecule has 0 aliphatic carbocycles. The Labute approximate surface area is 69.4 Å². The lowest BCUT2D eigenvalue weighted by Crippen LogP contribution is -2.14. The zero-order valence-corrected chi connectivity index (χ0v) is 6.77. The number of fused-ring (bicyclic) bond motifs is 1. The largest absolute Gasteiger partial charge is 0.325 e. The quantitative estimate of drug-likeness (QED) is 0.585. The number of aliphatic imine (C=N–C) groups is 1. The Morgan fingerprint density at radius 1 is 1.82 bits per heavy atom. The number of nitrogens with zero attached hydrogens (tertiary/aromatic N) is 3. The molecule has 0 bridgehead atoms. The molecule has 2 aliphatic heterocycles. The van der Waals surface area contributed by atoms with Crippen molar-refractivity contribution < 1.29 is 0 Å². The van der Waals surface area contributed by atoms with Crippen LogP contribution in [-0.4, -0.2) is 23.2 Å². The van der Waals surface area contributed by atoms with Crippen LogP contribution in [0, 0.1) is 11.3 Å². The molecule has 2 heterocycles. The molecule has 3 nitrogen and oxygen atoms in total.